The van der Waals surface area contributed by atoms with E-state index in [0.29, 0.717) is 5.78 Å². The summed E-state index contributed by atoms with van der Waals surface area (Å²) in [5.41, 5.74) is 4.65. The zero-order valence-electron chi connectivity index (χ0n) is 12.8. The predicted molar refractivity (Wildman–Crippen MR) is 94.3 cm³/mol. The van der Waals surface area contributed by atoms with E-state index in [1.807, 2.05) is 18.2 Å². The van der Waals surface area contributed by atoms with E-state index in [0.717, 1.165) is 36.1 Å². The zero-order valence-corrected chi connectivity index (χ0v) is 13.6. The molecule has 1 heterocycles. The summed E-state index contributed by atoms with van der Waals surface area (Å²) in [6, 6.07) is 8.02. The van der Waals surface area contributed by atoms with Crippen LogP contribution in [-0.2, 0) is 0 Å². The first kappa shape index (κ1) is 14.5. The van der Waals surface area contributed by atoms with Gasteiger partial charge < -0.3 is 0 Å². The molecule has 1 aliphatic heterocycles. The van der Waals surface area contributed by atoms with E-state index in [2.05, 4.69) is 37.4 Å². The van der Waals surface area contributed by atoms with E-state index >= 15 is 0 Å². The molecule has 0 amide bonds. The van der Waals surface area contributed by atoms with Gasteiger partial charge in [-0.3, -0.25) is 4.79 Å². The number of benzene rings is 1. The van der Waals surface area contributed by atoms with Crippen molar-refractivity contribution < 1.29 is 4.79 Å². The first-order valence-corrected chi connectivity index (χ1v) is 9.35. The van der Waals surface area contributed by atoms with Crippen LogP contribution in [0.5, 0.6) is 0 Å². The van der Waals surface area contributed by atoms with Gasteiger partial charge >= 0.3 is 0 Å². The van der Waals surface area contributed by atoms with Gasteiger partial charge in [0, 0.05) is 5.56 Å². The Kier molecular flexibility index (Phi) is 4.25. The number of Topliss-reactive ketones (excluding diaryl/α,β-unsaturated/α-hetero) is 1. The monoisotopic (exact) mass is 298 g/mol. The van der Waals surface area contributed by atoms with Gasteiger partial charge in [0.2, 0.25) is 0 Å². The fourth-order valence-corrected chi connectivity index (χ4v) is 5.59. The highest BCUT2D eigenvalue weighted by Crippen LogP contribution is 2.40. The minimum absolute atomic E-state index is 0.0588. The van der Waals surface area contributed by atoms with E-state index in [9.17, 15) is 4.79 Å². The average Bonchev–Trinajstić information content (AvgIpc) is 2.48. The van der Waals surface area contributed by atoms with E-state index in [4.69, 9.17) is 0 Å². The number of ketones is 1. The van der Waals surface area contributed by atoms with Crippen LogP contribution in [0, 0.1) is 0 Å². The highest BCUT2D eigenvalue weighted by Gasteiger charge is 2.32. The summed E-state index contributed by atoms with van der Waals surface area (Å²) in [5, 5.41) is 2.46. The van der Waals surface area contributed by atoms with Crippen molar-refractivity contribution in [2.45, 2.75) is 38.4 Å². The molecule has 2 aliphatic rings. The van der Waals surface area contributed by atoms with Crippen LogP contribution in [0.2, 0.25) is 0 Å². The van der Waals surface area contributed by atoms with Gasteiger partial charge in [-0.2, -0.15) is 10.5 Å². The molecule has 0 radical (unpaired) electrons. The minimum Gasteiger partial charge on any atom is -0.293 e. The lowest BCUT2D eigenvalue weighted by Crippen LogP contribution is -2.28. The molecule has 1 aromatic rings. The van der Waals surface area contributed by atoms with Crippen molar-refractivity contribution in [3.05, 3.63) is 52.6 Å². The van der Waals surface area contributed by atoms with Gasteiger partial charge in [-0.25, -0.2) is 0 Å². The molecule has 1 aliphatic carbocycles. The number of fused-ring (bicyclic) bond motifs is 2. The van der Waals surface area contributed by atoms with Crippen molar-refractivity contribution >= 4 is 27.7 Å². The molecular formula is C19H22OS. The van der Waals surface area contributed by atoms with Gasteiger partial charge in [0.1, 0.15) is 0 Å². The second-order valence-electron chi connectivity index (χ2n) is 5.74. The summed E-state index contributed by atoms with van der Waals surface area (Å²) in [6.45, 7) is 4.43. The molecule has 0 bridgehead atoms. The van der Waals surface area contributed by atoms with E-state index in [1.54, 1.807) is 0 Å². The van der Waals surface area contributed by atoms with Gasteiger partial charge in [0.15, 0.2) is 5.78 Å². The van der Waals surface area contributed by atoms with E-state index in [-0.39, 0.29) is 15.7 Å². The van der Waals surface area contributed by atoms with Crippen LogP contribution in [0.3, 0.4) is 0 Å². The fourth-order valence-electron chi connectivity index (χ4n) is 3.17. The van der Waals surface area contributed by atoms with Crippen molar-refractivity contribution in [2.24, 2.45) is 0 Å². The Hall–Kier alpha value is -1.41. The molecule has 0 fully saturated rings. The van der Waals surface area contributed by atoms with Crippen molar-refractivity contribution in [2.75, 3.05) is 5.75 Å². The Morgan fingerprint density at radius 2 is 1.90 bits per heavy atom. The summed E-state index contributed by atoms with van der Waals surface area (Å²) < 4.78 is 0. The second kappa shape index (κ2) is 6.15. The predicted octanol–water partition coefficient (Wildman–Crippen LogP) is 4.86. The largest absolute Gasteiger partial charge is 0.293 e. The summed E-state index contributed by atoms with van der Waals surface area (Å²) in [6.07, 6.45) is 7.92. The maximum Gasteiger partial charge on any atom is 0.180 e. The lowest BCUT2D eigenvalue weighted by Gasteiger charge is -2.30. The topological polar surface area (TPSA) is 17.1 Å². The maximum atomic E-state index is 12.9. The molecule has 1 aromatic carbocycles. The number of allylic oxidation sites excluding steroid dienone is 2. The van der Waals surface area contributed by atoms with E-state index < -0.39 is 0 Å². The summed E-state index contributed by atoms with van der Waals surface area (Å²) in [4.78, 5) is 12.9. The summed E-state index contributed by atoms with van der Waals surface area (Å²) in [7, 11) is 0.0588. The van der Waals surface area contributed by atoms with Gasteiger partial charge in [-0.1, -0.05) is 50.6 Å². The molecule has 2 atom stereocenters. The molecular weight excluding hydrogens is 276 g/mol. The first-order valence-electron chi connectivity index (χ1n) is 7.83. The van der Waals surface area contributed by atoms with Crippen molar-refractivity contribution in [3.8, 4) is 0 Å². The third kappa shape index (κ3) is 2.69. The van der Waals surface area contributed by atoms with Crippen LogP contribution >= 0.6 is 10.5 Å². The molecule has 0 saturated carbocycles. The van der Waals surface area contributed by atoms with Crippen LogP contribution in [0.25, 0.3) is 6.08 Å². The lowest BCUT2D eigenvalue weighted by atomic mass is 9.89. The third-order valence-electron chi connectivity index (χ3n) is 4.03. The normalized spacial score (nSPS) is 23.6. The Balaban J connectivity index is 2.09. The second-order valence-corrected chi connectivity index (χ2v) is 7.79. The van der Waals surface area contributed by atoms with Crippen LogP contribution in [0.15, 0.2) is 41.5 Å². The minimum atomic E-state index is 0.0588. The Bertz CT molecular complexity index is 664. The average molecular weight is 298 g/mol. The SMILES string of the molecule is CCCC1=CC2=Cc3ccccc3C(=O)C2S(CCC)=C1. The molecule has 110 valence electrons. The van der Waals surface area contributed by atoms with Crippen LogP contribution in [0.1, 0.15) is 49.0 Å². The standard InChI is InChI=1S/C19H22OS/c1-3-7-14-11-16-12-15-8-5-6-9-17(15)18(20)19(16)21(13-14)10-4-2/h5-6,8-9,11-13,19H,3-4,7,10H2,1-2H3. The Morgan fingerprint density at radius 1 is 1.10 bits per heavy atom. The number of carbonyl (C=O) groups is 1. The quantitative estimate of drug-likeness (QED) is 0.726. The smallest absolute Gasteiger partial charge is 0.180 e. The van der Waals surface area contributed by atoms with Crippen LogP contribution in [-0.4, -0.2) is 22.2 Å². The third-order valence-corrected chi connectivity index (χ3v) is 6.60. The lowest BCUT2D eigenvalue weighted by molar-refractivity contribution is 0.0997. The first-order chi connectivity index (χ1) is 10.2. The number of hydrogen-bond acceptors (Lipinski definition) is 1. The Labute approximate surface area is 129 Å². The van der Waals surface area contributed by atoms with Gasteiger partial charge in [0.05, 0.1) is 5.25 Å². The van der Waals surface area contributed by atoms with E-state index in [1.165, 1.54) is 11.1 Å². The maximum absolute atomic E-state index is 12.9. The summed E-state index contributed by atoms with van der Waals surface area (Å²) >= 11 is 0. The fraction of sp³-hybridized carbons (Fsp3) is 0.368. The van der Waals surface area contributed by atoms with Crippen molar-refractivity contribution in [3.63, 3.8) is 0 Å². The highest BCUT2D eigenvalue weighted by molar-refractivity contribution is 8.16. The molecule has 0 N–H and O–H groups in total. The van der Waals surface area contributed by atoms with Crippen molar-refractivity contribution in [1.29, 1.82) is 0 Å². The van der Waals surface area contributed by atoms with Crippen molar-refractivity contribution in [1.82, 2.24) is 0 Å². The molecule has 3 rings (SSSR count). The molecule has 2 heteroatoms. The number of hydrogen-bond donors (Lipinski definition) is 0. The number of rotatable bonds is 4. The highest BCUT2D eigenvalue weighted by atomic mass is 32.2. The van der Waals surface area contributed by atoms with Crippen LogP contribution < -0.4 is 0 Å². The molecule has 0 aromatic heterocycles. The molecule has 0 saturated heterocycles. The Morgan fingerprint density at radius 3 is 2.67 bits per heavy atom. The zero-order chi connectivity index (χ0) is 14.8. The summed E-state index contributed by atoms with van der Waals surface area (Å²) in [5.74, 6) is 1.44. The van der Waals surface area contributed by atoms with Gasteiger partial charge in [-0.15, -0.1) is 0 Å². The molecule has 21 heavy (non-hydrogen) atoms. The molecule has 1 nitrogen and oxygen atoms in total. The molecule has 2 unspecified atom stereocenters. The van der Waals surface area contributed by atoms with Crippen LogP contribution in [0.4, 0.5) is 0 Å². The van der Waals surface area contributed by atoms with Gasteiger partial charge in [0.25, 0.3) is 0 Å². The molecule has 0 spiro atoms. The number of carbonyl (C=O) groups excluding carboxylic acids is 1. The van der Waals surface area contributed by atoms with Gasteiger partial charge in [-0.05, 0) is 46.7 Å².